The molecule has 0 bridgehead atoms. The summed E-state index contributed by atoms with van der Waals surface area (Å²) in [4.78, 5) is 6.41. The Balaban J connectivity index is 1.82. The van der Waals surface area contributed by atoms with Crippen LogP contribution in [0, 0.1) is 0 Å². The summed E-state index contributed by atoms with van der Waals surface area (Å²) >= 11 is 0. The van der Waals surface area contributed by atoms with E-state index in [0.717, 1.165) is 37.1 Å². The number of nitrogens with zero attached hydrogens (tertiary/aromatic N) is 2. The zero-order valence-electron chi connectivity index (χ0n) is 10.4. The summed E-state index contributed by atoms with van der Waals surface area (Å²) in [5.41, 5.74) is 7.97. The Kier molecular flexibility index (Phi) is 2.83. The third-order valence-corrected chi connectivity index (χ3v) is 3.27. The van der Waals surface area contributed by atoms with Crippen LogP contribution in [0.15, 0.2) is 22.6 Å². The Hall–Kier alpha value is -1.75. The number of rotatable bonds is 3. The predicted octanol–water partition coefficient (Wildman–Crippen LogP) is 2.03. The quantitative estimate of drug-likeness (QED) is 0.841. The van der Waals surface area contributed by atoms with Crippen molar-refractivity contribution in [2.24, 2.45) is 0 Å². The smallest absolute Gasteiger partial charge is 0.298 e. The lowest BCUT2D eigenvalue weighted by Crippen LogP contribution is -2.28. The molecule has 0 amide bonds. The lowest BCUT2D eigenvalue weighted by molar-refractivity contribution is 0.115. The maximum atomic E-state index is 5.87. The van der Waals surface area contributed by atoms with Gasteiger partial charge in [-0.15, -0.1) is 0 Å². The minimum absolute atomic E-state index is 0.280. The fraction of sp³-hybridized carbons (Fsp3) is 0.462. The van der Waals surface area contributed by atoms with Gasteiger partial charge in [0.15, 0.2) is 5.58 Å². The fourth-order valence-corrected chi connectivity index (χ4v) is 2.29. The standard InChI is InChI=1S/C13H17N3O2/c1-16(8-9-4-3-7-17-9)13-15-12-10(14)5-2-6-11(12)18-13/h2,5-6,9H,3-4,7-8,14H2,1H3. The van der Waals surface area contributed by atoms with E-state index in [1.165, 1.54) is 0 Å². The van der Waals surface area contributed by atoms with Crippen LogP contribution in [0.5, 0.6) is 0 Å². The highest BCUT2D eigenvalue weighted by Crippen LogP contribution is 2.26. The highest BCUT2D eigenvalue weighted by molar-refractivity contribution is 5.86. The van der Waals surface area contributed by atoms with Gasteiger partial charge >= 0.3 is 0 Å². The molecule has 96 valence electrons. The molecular formula is C13H17N3O2. The molecule has 1 fully saturated rings. The number of hydrogen-bond acceptors (Lipinski definition) is 5. The summed E-state index contributed by atoms with van der Waals surface area (Å²) < 4.78 is 11.3. The van der Waals surface area contributed by atoms with Crippen molar-refractivity contribution < 1.29 is 9.15 Å². The molecular weight excluding hydrogens is 230 g/mol. The van der Waals surface area contributed by atoms with E-state index in [0.29, 0.717) is 11.7 Å². The second-order valence-corrected chi connectivity index (χ2v) is 4.71. The van der Waals surface area contributed by atoms with Crippen molar-refractivity contribution in [3.8, 4) is 0 Å². The van der Waals surface area contributed by atoms with Gasteiger partial charge in [-0.1, -0.05) is 6.07 Å². The topological polar surface area (TPSA) is 64.5 Å². The van der Waals surface area contributed by atoms with E-state index < -0.39 is 0 Å². The van der Waals surface area contributed by atoms with Gasteiger partial charge < -0.3 is 19.8 Å². The number of hydrogen-bond donors (Lipinski definition) is 1. The summed E-state index contributed by atoms with van der Waals surface area (Å²) in [6.45, 7) is 1.66. The molecule has 2 N–H and O–H groups in total. The van der Waals surface area contributed by atoms with Gasteiger partial charge in [0.2, 0.25) is 0 Å². The molecule has 0 spiro atoms. The van der Waals surface area contributed by atoms with Crippen LogP contribution in [0.2, 0.25) is 0 Å². The van der Waals surface area contributed by atoms with Crippen LogP contribution in [0.25, 0.3) is 11.1 Å². The number of nitrogen functional groups attached to an aromatic ring is 1. The zero-order valence-corrected chi connectivity index (χ0v) is 10.4. The zero-order chi connectivity index (χ0) is 12.5. The second kappa shape index (κ2) is 4.49. The lowest BCUT2D eigenvalue weighted by atomic mass is 10.2. The summed E-state index contributed by atoms with van der Waals surface area (Å²) in [6, 6.07) is 6.17. The van der Waals surface area contributed by atoms with Crippen LogP contribution in [0.1, 0.15) is 12.8 Å². The van der Waals surface area contributed by atoms with E-state index in [1.54, 1.807) is 0 Å². The highest BCUT2D eigenvalue weighted by Gasteiger charge is 2.20. The Morgan fingerprint density at radius 2 is 2.39 bits per heavy atom. The number of aromatic nitrogens is 1. The molecule has 0 saturated carbocycles. The van der Waals surface area contributed by atoms with E-state index in [1.807, 2.05) is 30.1 Å². The number of ether oxygens (including phenoxy) is 1. The Bertz CT molecular complexity index is 546. The van der Waals surface area contributed by atoms with Gasteiger partial charge in [0.1, 0.15) is 5.52 Å². The first kappa shape index (κ1) is 11.3. The molecule has 2 aromatic rings. The van der Waals surface area contributed by atoms with Crippen LogP contribution in [-0.2, 0) is 4.74 Å². The van der Waals surface area contributed by atoms with Crippen molar-refractivity contribution in [2.75, 3.05) is 30.8 Å². The molecule has 1 aliphatic rings. The molecule has 1 unspecified atom stereocenters. The third-order valence-electron chi connectivity index (χ3n) is 3.27. The largest absolute Gasteiger partial charge is 0.423 e. The van der Waals surface area contributed by atoms with Crippen LogP contribution in [0.4, 0.5) is 11.7 Å². The van der Waals surface area contributed by atoms with E-state index in [2.05, 4.69) is 4.98 Å². The van der Waals surface area contributed by atoms with Gasteiger partial charge in [0, 0.05) is 20.2 Å². The molecule has 5 heteroatoms. The van der Waals surface area contributed by atoms with E-state index >= 15 is 0 Å². The summed E-state index contributed by atoms with van der Waals surface area (Å²) in [7, 11) is 1.96. The Morgan fingerprint density at radius 3 is 3.11 bits per heavy atom. The van der Waals surface area contributed by atoms with Crippen LogP contribution < -0.4 is 10.6 Å². The molecule has 18 heavy (non-hydrogen) atoms. The van der Waals surface area contributed by atoms with Crippen molar-refractivity contribution in [1.82, 2.24) is 4.98 Å². The number of fused-ring (bicyclic) bond motifs is 1. The van der Waals surface area contributed by atoms with Crippen molar-refractivity contribution in [2.45, 2.75) is 18.9 Å². The third kappa shape index (κ3) is 2.01. The molecule has 1 aromatic heterocycles. The minimum Gasteiger partial charge on any atom is -0.423 e. The Morgan fingerprint density at radius 1 is 1.50 bits per heavy atom. The van der Waals surface area contributed by atoms with Crippen molar-refractivity contribution in [3.63, 3.8) is 0 Å². The van der Waals surface area contributed by atoms with Crippen molar-refractivity contribution in [3.05, 3.63) is 18.2 Å². The molecule has 1 atom stereocenters. The molecule has 1 saturated heterocycles. The van der Waals surface area contributed by atoms with Crippen molar-refractivity contribution >= 4 is 22.8 Å². The average Bonchev–Trinajstić information content (AvgIpc) is 2.97. The van der Waals surface area contributed by atoms with E-state index in [-0.39, 0.29) is 6.10 Å². The minimum atomic E-state index is 0.280. The Labute approximate surface area is 106 Å². The number of nitrogens with two attached hydrogens (primary N) is 1. The normalized spacial score (nSPS) is 19.5. The van der Waals surface area contributed by atoms with Gasteiger partial charge in [-0.25, -0.2) is 0 Å². The lowest BCUT2D eigenvalue weighted by Gasteiger charge is -2.18. The molecule has 2 heterocycles. The highest BCUT2D eigenvalue weighted by atomic mass is 16.5. The molecule has 3 rings (SSSR count). The number of likely N-dealkylation sites (N-methyl/N-ethyl adjacent to an activating group) is 1. The summed E-state index contributed by atoms with van der Waals surface area (Å²) in [5, 5.41) is 0. The molecule has 1 aliphatic heterocycles. The average molecular weight is 247 g/mol. The first-order valence-corrected chi connectivity index (χ1v) is 6.22. The van der Waals surface area contributed by atoms with E-state index in [9.17, 15) is 0 Å². The number of anilines is 2. The number of para-hydroxylation sites is 1. The maximum absolute atomic E-state index is 5.87. The fourth-order valence-electron chi connectivity index (χ4n) is 2.29. The predicted molar refractivity (Wildman–Crippen MR) is 70.7 cm³/mol. The monoisotopic (exact) mass is 247 g/mol. The molecule has 5 nitrogen and oxygen atoms in total. The van der Waals surface area contributed by atoms with Gasteiger partial charge in [-0.3, -0.25) is 0 Å². The van der Waals surface area contributed by atoms with Crippen molar-refractivity contribution in [1.29, 1.82) is 0 Å². The van der Waals surface area contributed by atoms with Crippen LogP contribution in [-0.4, -0.2) is 31.3 Å². The van der Waals surface area contributed by atoms with Crippen LogP contribution >= 0.6 is 0 Å². The van der Waals surface area contributed by atoms with Gasteiger partial charge in [-0.2, -0.15) is 4.98 Å². The second-order valence-electron chi connectivity index (χ2n) is 4.71. The van der Waals surface area contributed by atoms with Crippen LogP contribution in [0.3, 0.4) is 0 Å². The van der Waals surface area contributed by atoms with Gasteiger partial charge in [0.05, 0.1) is 11.8 Å². The van der Waals surface area contributed by atoms with E-state index in [4.69, 9.17) is 14.9 Å². The molecule has 0 radical (unpaired) electrons. The van der Waals surface area contributed by atoms with Gasteiger partial charge in [-0.05, 0) is 25.0 Å². The van der Waals surface area contributed by atoms with Gasteiger partial charge in [0.25, 0.3) is 6.01 Å². The summed E-state index contributed by atoms with van der Waals surface area (Å²) in [5.74, 6) is 0. The maximum Gasteiger partial charge on any atom is 0.298 e. The first-order chi connectivity index (χ1) is 8.74. The first-order valence-electron chi connectivity index (χ1n) is 6.22. The SMILES string of the molecule is CN(CC1CCCO1)c1nc2c(N)cccc2o1. The summed E-state index contributed by atoms with van der Waals surface area (Å²) in [6.07, 6.45) is 2.52. The number of benzene rings is 1. The molecule has 1 aromatic carbocycles. The molecule has 0 aliphatic carbocycles. The number of oxazole rings is 1.